The van der Waals surface area contributed by atoms with Crippen LogP contribution in [0.1, 0.15) is 51.2 Å². The minimum absolute atomic E-state index is 0.0737. The molecule has 158 valence electrons. The van der Waals surface area contributed by atoms with E-state index in [0.717, 1.165) is 48.2 Å². The van der Waals surface area contributed by atoms with Crippen LogP contribution in [0.15, 0.2) is 59.6 Å². The van der Waals surface area contributed by atoms with Crippen LogP contribution in [0.4, 0.5) is 14.5 Å². The number of benzene rings is 1. The first-order valence-corrected chi connectivity index (χ1v) is 10.5. The van der Waals surface area contributed by atoms with E-state index in [-0.39, 0.29) is 5.56 Å². The van der Waals surface area contributed by atoms with Gasteiger partial charge in [0.2, 0.25) is 0 Å². The van der Waals surface area contributed by atoms with Gasteiger partial charge in [-0.15, -0.1) is 0 Å². The van der Waals surface area contributed by atoms with Gasteiger partial charge < -0.3 is 4.90 Å². The van der Waals surface area contributed by atoms with Gasteiger partial charge >= 0.3 is 0 Å². The highest BCUT2D eigenvalue weighted by Crippen LogP contribution is 2.43. The maximum atomic E-state index is 14.1. The maximum Gasteiger partial charge on any atom is 0.264 e. The number of rotatable bonds is 4. The standard InChI is InChI=1S/C25H29F2N3/c1-15(2)20-11-23(17(4)9-16(20)3)30-8-6-7-18-10-21(19-13-28-29(5)14-19)22(25(26)27)12-24(18)30/h10-14,17,25H,1,6-9H2,2-5H3. The summed E-state index contributed by atoms with van der Waals surface area (Å²) < 4.78 is 29.8. The van der Waals surface area contributed by atoms with Crippen molar-refractivity contribution in [2.45, 2.75) is 46.5 Å². The van der Waals surface area contributed by atoms with Gasteiger partial charge in [-0.2, -0.15) is 5.10 Å². The fourth-order valence-corrected chi connectivity index (χ4v) is 4.83. The van der Waals surface area contributed by atoms with Gasteiger partial charge in [0.05, 0.1) is 6.20 Å². The van der Waals surface area contributed by atoms with Crippen molar-refractivity contribution >= 4 is 5.69 Å². The van der Waals surface area contributed by atoms with Crippen molar-refractivity contribution in [2.24, 2.45) is 13.0 Å². The molecule has 5 heteroatoms. The Bertz CT molecular complexity index is 1060. The second-order valence-electron chi connectivity index (χ2n) is 8.68. The molecule has 0 amide bonds. The molecule has 30 heavy (non-hydrogen) atoms. The lowest BCUT2D eigenvalue weighted by Crippen LogP contribution is -2.33. The predicted molar refractivity (Wildman–Crippen MR) is 119 cm³/mol. The van der Waals surface area contributed by atoms with Crippen LogP contribution < -0.4 is 4.90 Å². The first-order chi connectivity index (χ1) is 14.3. The number of hydrogen-bond acceptors (Lipinski definition) is 2. The van der Waals surface area contributed by atoms with Gasteiger partial charge in [-0.3, -0.25) is 4.68 Å². The Morgan fingerprint density at radius 3 is 2.70 bits per heavy atom. The molecule has 2 aromatic rings. The van der Waals surface area contributed by atoms with E-state index in [4.69, 9.17) is 0 Å². The van der Waals surface area contributed by atoms with E-state index in [1.807, 2.05) is 13.0 Å². The Kier molecular flexibility index (Phi) is 5.39. The molecule has 2 aliphatic rings. The smallest absolute Gasteiger partial charge is 0.264 e. The lowest BCUT2D eigenvalue weighted by Gasteiger charge is -2.38. The maximum absolute atomic E-state index is 14.1. The van der Waals surface area contributed by atoms with Crippen molar-refractivity contribution in [1.82, 2.24) is 9.78 Å². The first-order valence-electron chi connectivity index (χ1n) is 10.5. The summed E-state index contributed by atoms with van der Waals surface area (Å²) in [5, 5.41) is 4.17. The van der Waals surface area contributed by atoms with Crippen molar-refractivity contribution in [2.75, 3.05) is 11.4 Å². The number of halogens is 2. The summed E-state index contributed by atoms with van der Waals surface area (Å²) in [6, 6.07) is 3.66. The molecule has 0 spiro atoms. The fraction of sp³-hybridized carbons (Fsp3) is 0.400. The summed E-state index contributed by atoms with van der Waals surface area (Å²) in [5.74, 6) is 0.340. The highest BCUT2D eigenvalue weighted by molar-refractivity contribution is 5.74. The Morgan fingerprint density at radius 1 is 1.30 bits per heavy atom. The molecular formula is C25H29F2N3. The molecule has 0 saturated heterocycles. The van der Waals surface area contributed by atoms with E-state index in [9.17, 15) is 8.78 Å². The zero-order valence-electron chi connectivity index (χ0n) is 18.2. The number of nitrogens with zero attached hydrogens (tertiary/aromatic N) is 3. The number of aromatic nitrogens is 2. The van der Waals surface area contributed by atoms with Gasteiger partial charge in [0.15, 0.2) is 0 Å². The van der Waals surface area contributed by atoms with Crippen LogP contribution in [-0.2, 0) is 13.5 Å². The van der Waals surface area contributed by atoms with Gasteiger partial charge in [-0.25, -0.2) is 8.78 Å². The number of aryl methyl sites for hydroxylation is 2. The van der Waals surface area contributed by atoms with Gasteiger partial charge in [0.25, 0.3) is 6.43 Å². The van der Waals surface area contributed by atoms with Crippen LogP contribution in [0.25, 0.3) is 11.1 Å². The quantitative estimate of drug-likeness (QED) is 0.568. The highest BCUT2D eigenvalue weighted by Gasteiger charge is 2.29. The van der Waals surface area contributed by atoms with Crippen LogP contribution in [0.2, 0.25) is 0 Å². The van der Waals surface area contributed by atoms with Crippen LogP contribution in [0, 0.1) is 5.92 Å². The Morgan fingerprint density at radius 2 is 2.07 bits per heavy atom. The van der Waals surface area contributed by atoms with Crippen molar-refractivity contribution in [3.8, 4) is 11.1 Å². The molecule has 1 aromatic heterocycles. The highest BCUT2D eigenvalue weighted by atomic mass is 19.3. The minimum atomic E-state index is -2.54. The number of anilines is 1. The van der Waals surface area contributed by atoms with Crippen LogP contribution in [0.5, 0.6) is 0 Å². The van der Waals surface area contributed by atoms with E-state index in [0.29, 0.717) is 11.5 Å². The molecule has 0 N–H and O–H groups in total. The fourth-order valence-electron chi connectivity index (χ4n) is 4.83. The van der Waals surface area contributed by atoms with E-state index >= 15 is 0 Å². The number of allylic oxidation sites excluding steroid dienone is 5. The molecule has 1 aromatic carbocycles. The van der Waals surface area contributed by atoms with Crippen molar-refractivity contribution < 1.29 is 8.78 Å². The molecule has 0 radical (unpaired) electrons. The van der Waals surface area contributed by atoms with Gasteiger partial charge in [-0.05, 0) is 68.0 Å². The van der Waals surface area contributed by atoms with Crippen molar-refractivity contribution in [1.29, 1.82) is 0 Å². The topological polar surface area (TPSA) is 21.1 Å². The SMILES string of the molecule is C=C(C)C1=C(C)CC(C)C(N2CCCc3cc(-c4cnn(C)c4)c(C(F)F)cc32)=C1. The zero-order chi connectivity index (χ0) is 21.6. The van der Waals surface area contributed by atoms with Crippen LogP contribution in [0.3, 0.4) is 0 Å². The second-order valence-corrected chi connectivity index (χ2v) is 8.68. The molecule has 0 bridgehead atoms. The summed E-state index contributed by atoms with van der Waals surface area (Å²) >= 11 is 0. The molecule has 3 nitrogen and oxygen atoms in total. The Balaban J connectivity index is 1.84. The molecule has 2 heterocycles. The average Bonchev–Trinajstić information content (AvgIpc) is 3.12. The third-order valence-electron chi connectivity index (χ3n) is 6.26. The summed E-state index contributed by atoms with van der Waals surface area (Å²) in [6.45, 7) is 11.4. The second kappa shape index (κ2) is 7.86. The number of alkyl halides is 2. The lowest BCUT2D eigenvalue weighted by molar-refractivity contribution is 0.152. The van der Waals surface area contributed by atoms with E-state index in [1.54, 1.807) is 30.2 Å². The largest absolute Gasteiger partial charge is 0.345 e. The van der Waals surface area contributed by atoms with Crippen LogP contribution in [-0.4, -0.2) is 16.3 Å². The normalized spacial score (nSPS) is 19.2. The van der Waals surface area contributed by atoms with Crippen LogP contribution >= 0.6 is 0 Å². The molecule has 1 aliphatic carbocycles. The summed E-state index contributed by atoms with van der Waals surface area (Å²) in [5.41, 5.74) is 8.23. The Labute approximate surface area is 177 Å². The monoisotopic (exact) mass is 409 g/mol. The van der Waals surface area contributed by atoms with Gasteiger partial charge in [0, 0.05) is 48.2 Å². The molecule has 1 aliphatic heterocycles. The molecule has 0 saturated carbocycles. The zero-order valence-corrected chi connectivity index (χ0v) is 18.2. The summed E-state index contributed by atoms with van der Waals surface area (Å²) in [7, 11) is 1.80. The van der Waals surface area contributed by atoms with Gasteiger partial charge in [0.1, 0.15) is 0 Å². The minimum Gasteiger partial charge on any atom is -0.345 e. The third-order valence-corrected chi connectivity index (χ3v) is 6.26. The van der Waals surface area contributed by atoms with E-state index in [1.165, 1.54) is 16.8 Å². The average molecular weight is 410 g/mol. The van der Waals surface area contributed by atoms with Gasteiger partial charge in [-0.1, -0.05) is 24.6 Å². The molecule has 1 atom stereocenters. The summed E-state index contributed by atoms with van der Waals surface area (Å²) in [4.78, 5) is 2.26. The lowest BCUT2D eigenvalue weighted by atomic mass is 9.84. The molecular weight excluding hydrogens is 380 g/mol. The van der Waals surface area contributed by atoms with Crippen molar-refractivity contribution in [3.05, 3.63) is 70.7 Å². The van der Waals surface area contributed by atoms with E-state index < -0.39 is 6.43 Å². The molecule has 1 unspecified atom stereocenters. The number of hydrogen-bond donors (Lipinski definition) is 0. The first kappa shape index (κ1) is 20.6. The summed E-state index contributed by atoms with van der Waals surface area (Å²) in [6.07, 6.45) is 6.00. The number of fused-ring (bicyclic) bond motifs is 1. The molecule has 0 fully saturated rings. The molecule has 4 rings (SSSR count). The van der Waals surface area contributed by atoms with E-state index in [2.05, 4.69) is 36.5 Å². The van der Waals surface area contributed by atoms with Crippen molar-refractivity contribution in [3.63, 3.8) is 0 Å². The third kappa shape index (κ3) is 3.62. The Hall–Kier alpha value is -2.69. The predicted octanol–water partition coefficient (Wildman–Crippen LogP) is 6.59.